The van der Waals surface area contributed by atoms with Crippen molar-refractivity contribution in [3.8, 4) is 65.8 Å². The zero-order valence-corrected chi connectivity index (χ0v) is 36.0. The van der Waals surface area contributed by atoms with Crippen LogP contribution in [0.5, 0.6) is 11.5 Å². The molecule has 6 heteroatoms. The summed E-state index contributed by atoms with van der Waals surface area (Å²) < 4.78 is 15.1. The molecule has 2 N–H and O–H groups in total. The van der Waals surface area contributed by atoms with Gasteiger partial charge in [-0.05, 0) is 115 Å². The zero-order valence-electron chi connectivity index (χ0n) is 34.3. The Morgan fingerprint density at radius 3 is 1.25 bits per heavy atom. The van der Waals surface area contributed by atoms with Gasteiger partial charge in [-0.15, -0.1) is 22.7 Å². The van der Waals surface area contributed by atoms with E-state index in [-0.39, 0.29) is 26.4 Å². The Labute approximate surface area is 374 Å². The summed E-state index contributed by atoms with van der Waals surface area (Å²) in [5.74, 6) is 1.42. The van der Waals surface area contributed by atoms with Crippen LogP contribution in [0.3, 0.4) is 0 Å². The van der Waals surface area contributed by atoms with Crippen molar-refractivity contribution in [2.24, 2.45) is 0 Å². The van der Waals surface area contributed by atoms with Crippen molar-refractivity contribution in [1.29, 1.82) is 0 Å². The predicted molar refractivity (Wildman–Crippen MR) is 261 cm³/mol. The Bertz CT molecular complexity index is 2990. The normalized spacial score (nSPS) is 12.7. The lowest BCUT2D eigenvalue weighted by molar-refractivity contribution is 0.202. The minimum absolute atomic E-state index is 0.0886. The lowest BCUT2D eigenvalue weighted by Crippen LogP contribution is -2.29. The standard InChI is InChI=1S/C57H42O4S2/c58-29-31-60-49-27-25-41(35-45(49)37-13-3-1-4-14-37)57(42-26-28-50(61-32-30-59)46(36-42)38-15-5-2-6-16-38)47-21-11-19-43(53-33-39-17-7-9-23-51(39)62-53)55(47)56-44(20-12-22-48(56)57)54-34-40-18-8-10-24-52(40)63-54/h1-28,33-36,58-59H,29-32H2. The highest BCUT2D eigenvalue weighted by molar-refractivity contribution is 7.22. The van der Waals surface area contributed by atoms with Crippen LogP contribution in [0.4, 0.5) is 0 Å². The topological polar surface area (TPSA) is 58.9 Å². The average Bonchev–Trinajstić information content (AvgIpc) is 4.06. The maximum atomic E-state index is 9.91. The maximum absolute atomic E-state index is 9.91. The third-order valence-corrected chi connectivity index (χ3v) is 14.6. The molecule has 0 fully saturated rings. The summed E-state index contributed by atoms with van der Waals surface area (Å²) in [4.78, 5) is 2.44. The molecule has 2 heterocycles. The fraction of sp³-hybridized carbons (Fsp3) is 0.0877. The zero-order chi connectivity index (χ0) is 42.3. The largest absolute Gasteiger partial charge is 0.491 e. The molecule has 0 bridgehead atoms. The summed E-state index contributed by atoms with van der Waals surface area (Å²) in [6.45, 7) is 0.189. The summed E-state index contributed by atoms with van der Waals surface area (Å²) in [7, 11) is 0. The van der Waals surface area contributed by atoms with Gasteiger partial charge >= 0.3 is 0 Å². The highest BCUT2D eigenvalue weighted by atomic mass is 32.1. The van der Waals surface area contributed by atoms with Crippen LogP contribution >= 0.6 is 22.7 Å². The summed E-state index contributed by atoms with van der Waals surface area (Å²) >= 11 is 3.67. The first-order chi connectivity index (χ1) is 31.1. The molecule has 0 amide bonds. The first-order valence-electron chi connectivity index (χ1n) is 21.3. The number of aliphatic hydroxyl groups excluding tert-OH is 2. The van der Waals surface area contributed by atoms with Crippen LogP contribution in [-0.2, 0) is 5.41 Å². The fourth-order valence-electron chi connectivity index (χ4n) is 9.62. The van der Waals surface area contributed by atoms with E-state index in [4.69, 9.17) is 9.47 Å². The van der Waals surface area contributed by atoms with Crippen LogP contribution in [0.25, 0.3) is 74.4 Å². The third-order valence-electron chi connectivity index (χ3n) is 12.3. The quantitative estimate of drug-likeness (QED) is 0.129. The van der Waals surface area contributed by atoms with Crippen molar-refractivity contribution in [2.45, 2.75) is 5.41 Å². The molecule has 2 aromatic heterocycles. The van der Waals surface area contributed by atoms with E-state index in [1.165, 1.54) is 63.3 Å². The molecular weight excluding hydrogens is 813 g/mol. The molecule has 0 spiro atoms. The lowest BCUT2D eigenvalue weighted by atomic mass is 9.66. The first-order valence-corrected chi connectivity index (χ1v) is 22.9. The highest BCUT2D eigenvalue weighted by Gasteiger charge is 2.48. The highest BCUT2D eigenvalue weighted by Crippen LogP contribution is 2.62. The number of hydrogen-bond donors (Lipinski definition) is 2. The molecule has 306 valence electrons. The molecule has 1 aliphatic carbocycles. The second-order valence-electron chi connectivity index (χ2n) is 15.8. The Balaban J connectivity index is 1.29. The first kappa shape index (κ1) is 39.1. The number of ether oxygens (including phenoxy) is 2. The Morgan fingerprint density at radius 1 is 0.397 bits per heavy atom. The van der Waals surface area contributed by atoms with Gasteiger partial charge in [-0.3, -0.25) is 0 Å². The van der Waals surface area contributed by atoms with E-state index in [0.717, 1.165) is 33.4 Å². The molecule has 0 unspecified atom stereocenters. The van der Waals surface area contributed by atoms with E-state index in [1.807, 2.05) is 34.8 Å². The van der Waals surface area contributed by atoms with Gasteiger partial charge in [0.25, 0.3) is 0 Å². The molecule has 1 aliphatic rings. The number of thiophene rings is 2. The summed E-state index contributed by atoms with van der Waals surface area (Å²) in [5.41, 5.74) is 12.5. The molecule has 0 radical (unpaired) electrons. The Hall–Kier alpha value is -6.80. The molecule has 0 atom stereocenters. The van der Waals surface area contributed by atoms with Gasteiger partial charge in [0.1, 0.15) is 24.7 Å². The van der Waals surface area contributed by atoms with Crippen molar-refractivity contribution in [2.75, 3.05) is 26.4 Å². The molecule has 0 saturated carbocycles. The summed E-state index contributed by atoms with van der Waals surface area (Å²) in [5, 5.41) is 22.3. The van der Waals surface area contributed by atoms with Gasteiger partial charge in [-0.25, -0.2) is 0 Å². The van der Waals surface area contributed by atoms with E-state index in [2.05, 4.69) is 182 Å². The van der Waals surface area contributed by atoms with Crippen LogP contribution in [0.2, 0.25) is 0 Å². The molecule has 11 rings (SSSR count). The van der Waals surface area contributed by atoms with Crippen molar-refractivity contribution >= 4 is 42.8 Å². The smallest absolute Gasteiger partial charge is 0.127 e. The van der Waals surface area contributed by atoms with E-state index in [1.54, 1.807) is 0 Å². The van der Waals surface area contributed by atoms with Crippen molar-refractivity contribution in [3.05, 3.63) is 216 Å². The SMILES string of the molecule is OCCOc1ccc(C2(c3ccc(OCCO)c(-c4ccccc4)c3)c3cccc(-c4cc5ccccc5s4)c3-c3c(-c4cc5ccccc5s4)cccc32)cc1-c1ccccc1. The average molecular weight is 855 g/mol. The van der Waals surface area contributed by atoms with Crippen molar-refractivity contribution in [1.82, 2.24) is 0 Å². The fourth-order valence-corrected chi connectivity index (χ4v) is 11.8. The molecule has 8 aromatic carbocycles. The lowest BCUT2D eigenvalue weighted by Gasteiger charge is -2.35. The number of rotatable bonds is 12. The van der Waals surface area contributed by atoms with Gasteiger partial charge in [0.05, 0.1) is 18.6 Å². The molecular formula is C57H42O4S2. The van der Waals surface area contributed by atoms with E-state index >= 15 is 0 Å². The second-order valence-corrected chi connectivity index (χ2v) is 18.0. The van der Waals surface area contributed by atoms with Gasteiger partial charge in [-0.1, -0.05) is 146 Å². The maximum Gasteiger partial charge on any atom is 0.127 e. The van der Waals surface area contributed by atoms with Crippen LogP contribution < -0.4 is 9.47 Å². The van der Waals surface area contributed by atoms with Crippen LogP contribution in [0.1, 0.15) is 22.3 Å². The van der Waals surface area contributed by atoms with Gasteiger partial charge < -0.3 is 19.7 Å². The summed E-state index contributed by atoms with van der Waals surface area (Å²) in [6.07, 6.45) is 0. The van der Waals surface area contributed by atoms with Crippen LogP contribution in [-0.4, -0.2) is 36.6 Å². The van der Waals surface area contributed by atoms with Gasteiger partial charge in [0, 0.05) is 30.3 Å². The van der Waals surface area contributed by atoms with Gasteiger partial charge in [0.2, 0.25) is 0 Å². The van der Waals surface area contributed by atoms with Crippen molar-refractivity contribution in [3.63, 3.8) is 0 Å². The minimum atomic E-state index is -0.831. The molecule has 63 heavy (non-hydrogen) atoms. The van der Waals surface area contributed by atoms with Crippen LogP contribution in [0.15, 0.2) is 194 Å². The third kappa shape index (κ3) is 6.66. The predicted octanol–water partition coefficient (Wildman–Crippen LogP) is 13.9. The molecule has 0 aliphatic heterocycles. The minimum Gasteiger partial charge on any atom is -0.491 e. The van der Waals surface area contributed by atoms with E-state index < -0.39 is 5.41 Å². The van der Waals surface area contributed by atoms with Crippen LogP contribution in [0, 0.1) is 0 Å². The van der Waals surface area contributed by atoms with Gasteiger partial charge in [0.15, 0.2) is 0 Å². The number of benzene rings is 8. The van der Waals surface area contributed by atoms with Gasteiger partial charge in [-0.2, -0.15) is 0 Å². The van der Waals surface area contributed by atoms with Crippen molar-refractivity contribution < 1.29 is 19.7 Å². The number of aliphatic hydroxyl groups is 2. The molecule has 4 nitrogen and oxygen atoms in total. The monoisotopic (exact) mass is 854 g/mol. The number of fused-ring (bicyclic) bond motifs is 5. The molecule has 0 saturated heterocycles. The summed E-state index contributed by atoms with van der Waals surface area (Å²) in [6, 6.07) is 69.7. The number of hydrogen-bond acceptors (Lipinski definition) is 6. The Kier molecular flexibility index (Phi) is 10.2. The van der Waals surface area contributed by atoms with E-state index in [0.29, 0.717) is 11.5 Å². The second kappa shape index (κ2) is 16.5. The Morgan fingerprint density at radius 2 is 0.825 bits per heavy atom. The van der Waals surface area contributed by atoms with E-state index in [9.17, 15) is 10.2 Å². The molecule has 10 aromatic rings.